The first-order valence-corrected chi connectivity index (χ1v) is 8.80. The molecule has 130 valence electrons. The molecule has 0 radical (unpaired) electrons. The fraction of sp³-hybridized carbons (Fsp3) is 0.105. The lowest BCUT2D eigenvalue weighted by atomic mass is 10.1. The molecule has 0 aliphatic rings. The molecule has 3 aromatic heterocycles. The number of rotatable bonds is 4. The number of carbonyl (C=O) groups excluding carboxylic acids is 1. The number of ether oxygens (including phenoxy) is 1. The van der Waals surface area contributed by atoms with E-state index in [0.717, 1.165) is 4.88 Å². The van der Waals surface area contributed by atoms with E-state index in [1.54, 1.807) is 43.6 Å². The van der Waals surface area contributed by atoms with Gasteiger partial charge in [-0.1, -0.05) is 17.3 Å². The van der Waals surface area contributed by atoms with Crippen LogP contribution in [-0.4, -0.2) is 23.2 Å². The number of nitrogens with one attached hydrogen (secondary N) is 1. The van der Waals surface area contributed by atoms with Gasteiger partial charge in [0.2, 0.25) is 0 Å². The highest BCUT2D eigenvalue weighted by Crippen LogP contribution is 2.30. The van der Waals surface area contributed by atoms with E-state index >= 15 is 0 Å². The van der Waals surface area contributed by atoms with Gasteiger partial charge in [-0.25, -0.2) is 4.98 Å². The molecule has 0 aliphatic carbocycles. The smallest absolute Gasteiger partial charge is 0.259 e. The van der Waals surface area contributed by atoms with Crippen molar-refractivity contribution in [2.75, 3.05) is 12.4 Å². The van der Waals surface area contributed by atoms with Crippen LogP contribution in [0, 0.1) is 6.92 Å². The van der Waals surface area contributed by atoms with Gasteiger partial charge in [0.05, 0.1) is 34.3 Å². The van der Waals surface area contributed by atoms with Crippen LogP contribution in [0.5, 0.6) is 5.75 Å². The molecule has 4 aromatic rings. The fourth-order valence-corrected chi connectivity index (χ4v) is 3.41. The molecule has 0 spiro atoms. The van der Waals surface area contributed by atoms with Crippen molar-refractivity contribution in [3.8, 4) is 16.3 Å². The van der Waals surface area contributed by atoms with Crippen LogP contribution >= 0.6 is 11.3 Å². The summed E-state index contributed by atoms with van der Waals surface area (Å²) < 4.78 is 10.5. The molecule has 1 aromatic carbocycles. The highest BCUT2D eigenvalue weighted by Gasteiger charge is 2.20. The molecule has 0 bridgehead atoms. The average molecular weight is 365 g/mol. The lowest BCUT2D eigenvalue weighted by Crippen LogP contribution is -2.13. The third-order valence-corrected chi connectivity index (χ3v) is 4.86. The van der Waals surface area contributed by atoms with E-state index in [9.17, 15) is 4.79 Å². The third kappa shape index (κ3) is 2.93. The van der Waals surface area contributed by atoms with E-state index in [0.29, 0.717) is 39.5 Å². The molecule has 1 amide bonds. The van der Waals surface area contributed by atoms with E-state index < -0.39 is 0 Å². The Morgan fingerprint density at radius 3 is 2.88 bits per heavy atom. The summed E-state index contributed by atoms with van der Waals surface area (Å²) >= 11 is 1.55. The molecule has 0 atom stereocenters. The Morgan fingerprint density at radius 1 is 1.23 bits per heavy atom. The lowest BCUT2D eigenvalue weighted by Gasteiger charge is -2.09. The van der Waals surface area contributed by atoms with Gasteiger partial charge in [0.1, 0.15) is 5.75 Å². The van der Waals surface area contributed by atoms with E-state index in [1.165, 1.54) is 0 Å². The Bertz CT molecular complexity index is 1090. The van der Waals surface area contributed by atoms with Crippen LogP contribution < -0.4 is 10.1 Å². The second-order valence-corrected chi connectivity index (χ2v) is 6.61. The summed E-state index contributed by atoms with van der Waals surface area (Å²) in [5, 5.41) is 9.44. The molecule has 1 N–H and O–H groups in total. The number of methoxy groups -OCH3 is 1. The summed E-state index contributed by atoms with van der Waals surface area (Å²) in [5.41, 5.74) is 2.77. The van der Waals surface area contributed by atoms with Gasteiger partial charge in [-0.05, 0) is 36.6 Å². The van der Waals surface area contributed by atoms with E-state index in [4.69, 9.17) is 9.26 Å². The first kappa shape index (κ1) is 16.3. The number of hydrogen-bond donors (Lipinski definition) is 1. The molecule has 0 saturated heterocycles. The Morgan fingerprint density at radius 2 is 2.12 bits per heavy atom. The molecule has 7 heteroatoms. The molecule has 0 fully saturated rings. The Kier molecular flexibility index (Phi) is 4.14. The number of hydrogen-bond acceptors (Lipinski definition) is 6. The van der Waals surface area contributed by atoms with Crippen molar-refractivity contribution in [2.24, 2.45) is 0 Å². The topological polar surface area (TPSA) is 77.2 Å². The molecule has 0 aliphatic heterocycles. The molecule has 4 rings (SSSR count). The summed E-state index contributed by atoms with van der Waals surface area (Å²) in [5.74, 6) is 0.415. The second-order valence-electron chi connectivity index (χ2n) is 5.67. The summed E-state index contributed by atoms with van der Waals surface area (Å²) in [4.78, 5) is 18.4. The maximum Gasteiger partial charge on any atom is 0.259 e. The van der Waals surface area contributed by atoms with Gasteiger partial charge < -0.3 is 14.6 Å². The summed E-state index contributed by atoms with van der Waals surface area (Å²) in [6, 6.07) is 12.9. The van der Waals surface area contributed by atoms with Crippen molar-refractivity contribution in [2.45, 2.75) is 6.92 Å². The van der Waals surface area contributed by atoms with E-state index in [-0.39, 0.29) is 5.91 Å². The van der Waals surface area contributed by atoms with Crippen molar-refractivity contribution < 1.29 is 14.1 Å². The normalized spacial score (nSPS) is 10.8. The minimum Gasteiger partial charge on any atom is -0.497 e. The number of thiophene rings is 1. The predicted molar refractivity (Wildman–Crippen MR) is 101 cm³/mol. The lowest BCUT2D eigenvalue weighted by molar-refractivity contribution is 0.102. The van der Waals surface area contributed by atoms with Crippen molar-refractivity contribution in [1.82, 2.24) is 10.1 Å². The minimum atomic E-state index is -0.255. The number of nitrogens with zero attached hydrogens (tertiary/aromatic N) is 2. The van der Waals surface area contributed by atoms with Crippen LogP contribution in [0.1, 0.15) is 16.1 Å². The number of benzene rings is 1. The van der Waals surface area contributed by atoms with Crippen LogP contribution in [0.2, 0.25) is 0 Å². The molecule has 0 unspecified atom stereocenters. The van der Waals surface area contributed by atoms with Gasteiger partial charge in [-0.2, -0.15) is 0 Å². The monoisotopic (exact) mass is 365 g/mol. The van der Waals surface area contributed by atoms with Crippen molar-refractivity contribution in [1.29, 1.82) is 0 Å². The van der Waals surface area contributed by atoms with Crippen LogP contribution in [0.15, 0.2) is 52.4 Å². The molecular formula is C19H15N3O3S. The number of anilines is 1. The van der Waals surface area contributed by atoms with Gasteiger partial charge in [0, 0.05) is 11.8 Å². The zero-order valence-corrected chi connectivity index (χ0v) is 15.0. The van der Waals surface area contributed by atoms with Crippen LogP contribution in [0.3, 0.4) is 0 Å². The average Bonchev–Trinajstić information content (AvgIpc) is 3.31. The van der Waals surface area contributed by atoms with Gasteiger partial charge in [-0.3, -0.25) is 4.79 Å². The summed E-state index contributed by atoms with van der Waals surface area (Å²) in [7, 11) is 1.58. The SMILES string of the molecule is COc1cccc(NC(=O)c2cc(-c3cccs3)nc3onc(C)c23)c1. The molecule has 6 nitrogen and oxygen atoms in total. The molecule has 26 heavy (non-hydrogen) atoms. The number of aryl methyl sites for hydroxylation is 1. The van der Waals surface area contributed by atoms with Crippen molar-refractivity contribution in [3.63, 3.8) is 0 Å². The number of aromatic nitrogens is 2. The van der Waals surface area contributed by atoms with E-state index in [1.807, 2.05) is 29.6 Å². The minimum absolute atomic E-state index is 0.255. The summed E-state index contributed by atoms with van der Waals surface area (Å²) in [6.45, 7) is 1.79. The molecular weight excluding hydrogens is 350 g/mol. The third-order valence-electron chi connectivity index (χ3n) is 3.96. The highest BCUT2D eigenvalue weighted by molar-refractivity contribution is 7.13. The second kappa shape index (κ2) is 6.61. The maximum atomic E-state index is 13.0. The highest BCUT2D eigenvalue weighted by atomic mass is 32.1. The maximum absolute atomic E-state index is 13.0. The Hall–Kier alpha value is -3.19. The predicted octanol–water partition coefficient (Wildman–Crippen LogP) is 4.52. The van der Waals surface area contributed by atoms with Crippen LogP contribution in [-0.2, 0) is 0 Å². The Labute approximate surface area is 153 Å². The van der Waals surface area contributed by atoms with Crippen LogP contribution in [0.25, 0.3) is 21.7 Å². The molecule has 3 heterocycles. The van der Waals surface area contributed by atoms with Crippen LogP contribution in [0.4, 0.5) is 5.69 Å². The Balaban J connectivity index is 1.78. The molecule has 0 saturated carbocycles. The quantitative estimate of drug-likeness (QED) is 0.575. The van der Waals surface area contributed by atoms with Crippen molar-refractivity contribution in [3.05, 3.63) is 59.1 Å². The standard InChI is InChI=1S/C19H15N3O3S/c1-11-17-14(18(23)20-12-5-3-6-13(9-12)24-2)10-15(16-7-4-8-26-16)21-19(17)25-22-11/h3-10H,1-2H3,(H,20,23). The largest absolute Gasteiger partial charge is 0.497 e. The van der Waals surface area contributed by atoms with E-state index in [2.05, 4.69) is 15.5 Å². The zero-order valence-electron chi connectivity index (χ0n) is 14.1. The number of fused-ring (bicyclic) bond motifs is 1. The van der Waals surface area contributed by atoms with Gasteiger partial charge >= 0.3 is 0 Å². The summed E-state index contributed by atoms with van der Waals surface area (Å²) in [6.07, 6.45) is 0. The van der Waals surface area contributed by atoms with Gasteiger partial charge in [-0.15, -0.1) is 11.3 Å². The van der Waals surface area contributed by atoms with Crippen molar-refractivity contribution >= 4 is 34.0 Å². The van der Waals surface area contributed by atoms with Gasteiger partial charge in [0.15, 0.2) is 0 Å². The number of carbonyl (C=O) groups is 1. The first-order chi connectivity index (χ1) is 12.7. The number of pyridine rings is 1. The first-order valence-electron chi connectivity index (χ1n) is 7.92. The zero-order chi connectivity index (χ0) is 18.1. The fourth-order valence-electron chi connectivity index (χ4n) is 2.72. The van der Waals surface area contributed by atoms with Gasteiger partial charge in [0.25, 0.3) is 11.6 Å². The number of amides is 1.